The van der Waals surface area contributed by atoms with E-state index >= 15 is 0 Å². The third-order valence-corrected chi connectivity index (χ3v) is 17.6. The predicted molar refractivity (Wildman–Crippen MR) is 303 cm³/mol. The van der Waals surface area contributed by atoms with Crippen molar-refractivity contribution in [2.45, 2.75) is 51.4 Å². The summed E-state index contributed by atoms with van der Waals surface area (Å²) in [6.07, 6.45) is 6.61. The van der Waals surface area contributed by atoms with Gasteiger partial charge in [0.15, 0.2) is 0 Å². The van der Waals surface area contributed by atoms with E-state index in [4.69, 9.17) is 0 Å². The Labute approximate surface area is 429 Å². The van der Waals surface area contributed by atoms with Crippen LogP contribution in [0.4, 0.5) is 17.1 Å². The Morgan fingerprint density at radius 3 is 1.63 bits per heavy atom. The minimum Gasteiger partial charge on any atom is -0.310 e. The van der Waals surface area contributed by atoms with Crippen LogP contribution in [0.15, 0.2) is 218 Å². The Morgan fingerprint density at radius 2 is 0.986 bits per heavy atom. The molecule has 2 nitrogen and oxygen atoms in total. The molecule has 350 valence electrons. The number of nitriles is 1. The van der Waals surface area contributed by atoms with Gasteiger partial charge < -0.3 is 4.90 Å². The molecule has 10 aromatic carbocycles. The van der Waals surface area contributed by atoms with E-state index in [-0.39, 0.29) is 5.41 Å². The first-order valence-electron chi connectivity index (χ1n) is 26.5. The Hall–Kier alpha value is -8.25. The third kappa shape index (κ3) is 6.97. The molecule has 0 atom stereocenters. The van der Waals surface area contributed by atoms with Gasteiger partial charge in [-0.15, -0.1) is 0 Å². The lowest BCUT2D eigenvalue weighted by Crippen LogP contribution is -2.55. The van der Waals surface area contributed by atoms with Gasteiger partial charge in [0.1, 0.15) is 0 Å². The second kappa shape index (κ2) is 17.2. The lowest BCUT2D eigenvalue weighted by molar-refractivity contribution is -0.0399. The quantitative estimate of drug-likeness (QED) is 0.152. The van der Waals surface area contributed by atoms with Crippen LogP contribution in [0.5, 0.6) is 0 Å². The van der Waals surface area contributed by atoms with Crippen LogP contribution in [0.25, 0.3) is 77.5 Å². The summed E-state index contributed by atoms with van der Waals surface area (Å²) in [5, 5.41) is 12.3. The zero-order chi connectivity index (χ0) is 48.8. The number of para-hydroxylation sites is 1. The molecule has 5 aliphatic carbocycles. The second-order valence-corrected chi connectivity index (χ2v) is 21.7. The summed E-state index contributed by atoms with van der Waals surface area (Å²) in [6, 6.07) is 83.8. The topological polar surface area (TPSA) is 27.0 Å². The number of nitrogens with zero attached hydrogens (tertiary/aromatic N) is 2. The summed E-state index contributed by atoms with van der Waals surface area (Å²) in [4.78, 5) is 2.37. The molecule has 4 saturated carbocycles. The van der Waals surface area contributed by atoms with Gasteiger partial charge in [-0.25, -0.2) is 0 Å². The van der Waals surface area contributed by atoms with Gasteiger partial charge in [0.2, 0.25) is 0 Å². The summed E-state index contributed by atoms with van der Waals surface area (Å²) < 4.78 is 0. The van der Waals surface area contributed by atoms with Gasteiger partial charge in [-0.05, 0) is 237 Å². The molecule has 0 unspecified atom stereocenters. The van der Waals surface area contributed by atoms with Gasteiger partial charge in [-0.3, -0.25) is 0 Å². The van der Waals surface area contributed by atoms with Crippen molar-refractivity contribution in [1.29, 1.82) is 5.26 Å². The van der Waals surface area contributed by atoms with Crippen LogP contribution in [-0.4, -0.2) is 0 Å². The molecule has 0 radical (unpaired) electrons. The highest BCUT2D eigenvalue weighted by Gasteiger charge is 2.62. The van der Waals surface area contributed by atoms with Crippen molar-refractivity contribution in [3.05, 3.63) is 246 Å². The van der Waals surface area contributed by atoms with E-state index in [1.54, 1.807) is 11.1 Å². The Balaban J connectivity index is 1.08. The minimum absolute atomic E-state index is 0.113. The van der Waals surface area contributed by atoms with Gasteiger partial charge in [0.25, 0.3) is 0 Å². The van der Waals surface area contributed by atoms with Crippen molar-refractivity contribution in [2.75, 3.05) is 4.90 Å². The van der Waals surface area contributed by atoms with Crippen LogP contribution in [0.2, 0.25) is 0 Å². The van der Waals surface area contributed by atoms with Crippen molar-refractivity contribution in [2.24, 2.45) is 23.7 Å². The van der Waals surface area contributed by atoms with E-state index in [0.717, 1.165) is 28.9 Å². The summed E-state index contributed by atoms with van der Waals surface area (Å²) >= 11 is 0. The van der Waals surface area contributed by atoms with Crippen LogP contribution < -0.4 is 4.90 Å². The second-order valence-electron chi connectivity index (χ2n) is 21.7. The standard InChI is InChI=1S/C71H56N2/c1-45-26-31-60-64(32-45)68(73(58-24-13-6-14-25-58)59-29-27-47(44-72)28-30-59)33-46(2)69(60)55-40-63(54-23-15-22-53(39-54)50-16-7-3-8-17-50)70-65-42-61(51-18-9-4-10-19-51)62(52-20-11-5-12-21-52)43-66(65)71(67(70)41-55)56-35-48-34-49(37-56)38-57(71)36-48/h3-33,39-43,48-49,56-57H,34-38H2,1-2H3. The number of hydrogen-bond acceptors (Lipinski definition) is 2. The fourth-order valence-electron chi connectivity index (χ4n) is 14.9. The summed E-state index contributed by atoms with van der Waals surface area (Å²) in [7, 11) is 0. The van der Waals surface area contributed by atoms with E-state index in [1.165, 1.54) is 121 Å². The lowest BCUT2D eigenvalue weighted by atomic mass is 9.43. The molecular weight excluding hydrogens is 881 g/mol. The van der Waals surface area contributed by atoms with E-state index in [1.807, 2.05) is 12.1 Å². The number of benzene rings is 10. The molecule has 15 rings (SSSR count). The monoisotopic (exact) mass is 936 g/mol. The first-order chi connectivity index (χ1) is 35.9. The van der Waals surface area contributed by atoms with Crippen molar-refractivity contribution in [1.82, 2.24) is 0 Å². The van der Waals surface area contributed by atoms with Crippen LogP contribution >= 0.6 is 0 Å². The van der Waals surface area contributed by atoms with Gasteiger partial charge >= 0.3 is 0 Å². The van der Waals surface area contributed by atoms with Crippen LogP contribution in [0, 0.1) is 48.9 Å². The molecule has 0 aromatic heterocycles. The molecule has 10 aromatic rings. The molecule has 0 N–H and O–H groups in total. The molecule has 73 heavy (non-hydrogen) atoms. The minimum atomic E-state index is -0.113. The summed E-state index contributed by atoms with van der Waals surface area (Å²) in [5.74, 6) is 2.77. The van der Waals surface area contributed by atoms with Crippen LogP contribution in [0.1, 0.15) is 59.9 Å². The van der Waals surface area contributed by atoms with Crippen molar-refractivity contribution in [3.63, 3.8) is 0 Å². The SMILES string of the molecule is Cc1ccc2c(-c3cc(-c4cccc(-c5ccccc5)c4)c4c(c3)C3(c5cc(-c6ccccc6)c(-c6ccccc6)cc5-4)C4CC5CC(C4)CC3C5)c(C)cc(N(c3ccccc3)c3ccc(C#N)cc3)c2c1. The number of fused-ring (bicyclic) bond motifs is 4. The number of hydrogen-bond donors (Lipinski definition) is 0. The van der Waals surface area contributed by atoms with Crippen LogP contribution in [-0.2, 0) is 5.41 Å². The largest absolute Gasteiger partial charge is 0.310 e. The van der Waals surface area contributed by atoms with E-state index < -0.39 is 0 Å². The molecule has 0 saturated heterocycles. The Kier molecular flexibility index (Phi) is 10.3. The molecule has 0 aliphatic heterocycles. The maximum Gasteiger partial charge on any atom is 0.0991 e. The summed E-state index contributed by atoms with van der Waals surface area (Å²) in [6.45, 7) is 4.54. The van der Waals surface area contributed by atoms with E-state index in [2.05, 4.69) is 231 Å². The first kappa shape index (κ1) is 43.5. The first-order valence-corrected chi connectivity index (χ1v) is 26.5. The molecule has 0 amide bonds. The fourth-order valence-corrected chi connectivity index (χ4v) is 14.9. The molecule has 4 bridgehead atoms. The fraction of sp³-hybridized carbons (Fsp3) is 0.169. The Morgan fingerprint density at radius 1 is 0.411 bits per heavy atom. The maximum absolute atomic E-state index is 9.81. The van der Waals surface area contributed by atoms with E-state index in [0.29, 0.717) is 17.4 Å². The number of aryl methyl sites for hydroxylation is 2. The summed E-state index contributed by atoms with van der Waals surface area (Å²) in [5.41, 5.74) is 24.9. The highest BCUT2D eigenvalue weighted by molar-refractivity contribution is 6.09. The molecular formula is C71H56N2. The zero-order valence-electron chi connectivity index (χ0n) is 41.5. The number of anilines is 3. The average Bonchev–Trinajstić information content (AvgIpc) is 3.72. The highest BCUT2D eigenvalue weighted by atomic mass is 15.1. The smallest absolute Gasteiger partial charge is 0.0991 e. The van der Waals surface area contributed by atoms with Gasteiger partial charge in [-0.2, -0.15) is 5.26 Å². The third-order valence-electron chi connectivity index (χ3n) is 17.6. The molecule has 5 aliphatic rings. The van der Waals surface area contributed by atoms with Crippen molar-refractivity contribution < 1.29 is 0 Å². The Bertz CT molecular complexity index is 3780. The maximum atomic E-state index is 9.81. The van der Waals surface area contributed by atoms with Crippen LogP contribution in [0.3, 0.4) is 0 Å². The average molecular weight is 937 g/mol. The molecule has 0 heterocycles. The zero-order valence-corrected chi connectivity index (χ0v) is 41.5. The number of rotatable bonds is 8. The van der Waals surface area contributed by atoms with Gasteiger partial charge in [-0.1, -0.05) is 145 Å². The lowest BCUT2D eigenvalue weighted by Gasteiger charge is -2.61. The van der Waals surface area contributed by atoms with Gasteiger partial charge in [0, 0.05) is 22.2 Å². The van der Waals surface area contributed by atoms with E-state index in [9.17, 15) is 5.26 Å². The highest BCUT2D eigenvalue weighted by Crippen LogP contribution is 2.71. The predicted octanol–water partition coefficient (Wildman–Crippen LogP) is 18.9. The molecule has 4 fully saturated rings. The molecule has 1 spiro atoms. The van der Waals surface area contributed by atoms with Crippen molar-refractivity contribution in [3.8, 4) is 72.8 Å². The molecule has 2 heteroatoms. The van der Waals surface area contributed by atoms with Gasteiger partial charge in [0.05, 0.1) is 17.3 Å². The van der Waals surface area contributed by atoms with Crippen molar-refractivity contribution >= 4 is 27.8 Å². The normalized spacial score (nSPS) is 20.0.